The zero-order valence-electron chi connectivity index (χ0n) is 14.1. The minimum absolute atomic E-state index is 0.00692. The average Bonchev–Trinajstić information content (AvgIpc) is 3.26. The number of ether oxygens (including phenoxy) is 1. The highest BCUT2D eigenvalue weighted by molar-refractivity contribution is 6.30. The molecule has 1 aromatic carbocycles. The number of furan rings is 1. The van der Waals surface area contributed by atoms with Crippen molar-refractivity contribution >= 4 is 35.1 Å². The van der Waals surface area contributed by atoms with Crippen molar-refractivity contribution in [2.24, 2.45) is 5.92 Å². The highest BCUT2D eigenvalue weighted by atomic mass is 35.5. The number of nitrogens with zero attached hydrogens (tertiary/aromatic N) is 1. The van der Waals surface area contributed by atoms with Crippen molar-refractivity contribution in [1.29, 1.82) is 0 Å². The summed E-state index contributed by atoms with van der Waals surface area (Å²) in [5, 5.41) is 2.49. The first-order chi connectivity index (χ1) is 12.9. The van der Waals surface area contributed by atoms with Gasteiger partial charge in [0.25, 0.3) is 5.91 Å². The Balaban J connectivity index is 1.47. The maximum absolute atomic E-state index is 13.6. The second-order valence-electron chi connectivity index (χ2n) is 6.03. The third kappa shape index (κ3) is 4.85. The summed E-state index contributed by atoms with van der Waals surface area (Å²) in [6.07, 6.45) is 1.51. The molecule has 2 amide bonds. The smallest absolute Gasteiger partial charge is 0.311 e. The number of likely N-dealkylation sites (tertiary alicyclic amines) is 1. The van der Waals surface area contributed by atoms with Gasteiger partial charge in [0.05, 0.1) is 24.4 Å². The van der Waals surface area contributed by atoms with Gasteiger partial charge in [-0.15, -0.1) is 0 Å². The highest BCUT2D eigenvalue weighted by Crippen LogP contribution is 2.22. The molecule has 1 aromatic heterocycles. The van der Waals surface area contributed by atoms with Crippen LogP contribution in [-0.4, -0.2) is 35.8 Å². The van der Waals surface area contributed by atoms with Crippen LogP contribution in [0.25, 0.3) is 0 Å². The van der Waals surface area contributed by atoms with Crippen LogP contribution in [-0.2, 0) is 25.7 Å². The lowest BCUT2D eigenvalue weighted by Gasteiger charge is -2.14. The lowest BCUT2D eigenvalue weighted by molar-refractivity contribution is -0.151. The maximum Gasteiger partial charge on any atom is 0.311 e. The van der Waals surface area contributed by atoms with Gasteiger partial charge in [-0.25, -0.2) is 4.39 Å². The number of halogens is 2. The van der Waals surface area contributed by atoms with Crippen LogP contribution >= 0.6 is 11.6 Å². The zero-order chi connectivity index (χ0) is 19.4. The molecule has 3 rings (SSSR count). The molecule has 142 valence electrons. The lowest BCUT2D eigenvalue weighted by atomic mass is 10.1. The molecule has 0 radical (unpaired) electrons. The van der Waals surface area contributed by atoms with Gasteiger partial charge in [0, 0.05) is 18.0 Å². The van der Waals surface area contributed by atoms with E-state index in [-0.39, 0.29) is 36.1 Å². The number of esters is 1. The topological polar surface area (TPSA) is 88.9 Å². The van der Waals surface area contributed by atoms with Crippen LogP contribution in [0.15, 0.2) is 41.0 Å². The molecule has 9 heteroatoms. The largest absolute Gasteiger partial charge is 0.467 e. The normalized spacial score (nSPS) is 16.4. The summed E-state index contributed by atoms with van der Waals surface area (Å²) in [5.74, 6) is -2.29. The molecule has 0 bridgehead atoms. The molecule has 1 atom stereocenters. The second kappa shape index (κ2) is 8.22. The Hall–Kier alpha value is -2.87. The van der Waals surface area contributed by atoms with Gasteiger partial charge >= 0.3 is 5.97 Å². The highest BCUT2D eigenvalue weighted by Gasteiger charge is 2.35. The van der Waals surface area contributed by atoms with Crippen LogP contribution in [0.5, 0.6) is 0 Å². The van der Waals surface area contributed by atoms with Crippen molar-refractivity contribution in [2.45, 2.75) is 13.0 Å². The van der Waals surface area contributed by atoms with E-state index >= 15 is 0 Å². The average molecular weight is 395 g/mol. The predicted molar refractivity (Wildman–Crippen MR) is 93.2 cm³/mol. The van der Waals surface area contributed by atoms with Crippen LogP contribution < -0.4 is 5.32 Å². The van der Waals surface area contributed by atoms with Crippen LogP contribution in [0.2, 0.25) is 5.02 Å². The third-order valence-corrected chi connectivity index (χ3v) is 4.26. The number of amides is 2. The number of hydrogen-bond acceptors (Lipinski definition) is 5. The summed E-state index contributed by atoms with van der Waals surface area (Å²) in [4.78, 5) is 37.4. The summed E-state index contributed by atoms with van der Waals surface area (Å²) < 4.78 is 23.8. The fraction of sp³-hybridized carbons (Fsp3) is 0.278. The molecule has 0 saturated carbocycles. The van der Waals surface area contributed by atoms with Gasteiger partial charge in [-0.1, -0.05) is 11.6 Å². The molecule has 0 aliphatic carbocycles. The number of rotatable bonds is 6. The Morgan fingerprint density at radius 3 is 2.89 bits per heavy atom. The van der Waals surface area contributed by atoms with Crippen molar-refractivity contribution in [3.63, 3.8) is 0 Å². The molecule has 1 saturated heterocycles. The minimum atomic E-state index is -0.697. The van der Waals surface area contributed by atoms with E-state index in [4.69, 9.17) is 20.8 Å². The fourth-order valence-electron chi connectivity index (χ4n) is 2.71. The summed E-state index contributed by atoms with van der Waals surface area (Å²) in [6.45, 7) is -0.123. The van der Waals surface area contributed by atoms with Crippen molar-refractivity contribution < 1.29 is 27.9 Å². The first-order valence-electron chi connectivity index (χ1n) is 8.14. The number of hydrogen-bond donors (Lipinski definition) is 1. The number of anilines is 1. The number of nitrogens with one attached hydrogen (secondary N) is 1. The SMILES string of the molecule is O=C(COC(=O)[C@H]1CC(=O)N(Cc2ccco2)C1)Nc1ccc(Cl)cc1F. The van der Waals surface area contributed by atoms with Crippen LogP contribution in [0, 0.1) is 11.7 Å². The van der Waals surface area contributed by atoms with Crippen molar-refractivity contribution in [3.05, 3.63) is 53.2 Å². The third-order valence-electron chi connectivity index (χ3n) is 4.03. The monoisotopic (exact) mass is 394 g/mol. The Morgan fingerprint density at radius 1 is 1.37 bits per heavy atom. The summed E-state index contributed by atoms with van der Waals surface area (Å²) in [7, 11) is 0. The summed E-state index contributed by atoms with van der Waals surface area (Å²) in [6, 6.07) is 7.23. The number of benzene rings is 1. The molecule has 1 aliphatic rings. The Morgan fingerprint density at radius 2 is 2.19 bits per heavy atom. The molecule has 0 spiro atoms. The molecule has 27 heavy (non-hydrogen) atoms. The van der Waals surface area contributed by atoms with Crippen molar-refractivity contribution in [2.75, 3.05) is 18.5 Å². The molecule has 7 nitrogen and oxygen atoms in total. The molecule has 1 fully saturated rings. The van der Waals surface area contributed by atoms with E-state index in [1.807, 2.05) is 0 Å². The zero-order valence-corrected chi connectivity index (χ0v) is 14.9. The van der Waals surface area contributed by atoms with Crippen LogP contribution in [0.4, 0.5) is 10.1 Å². The van der Waals surface area contributed by atoms with E-state index in [1.165, 1.54) is 23.3 Å². The first-order valence-corrected chi connectivity index (χ1v) is 8.52. The van der Waals surface area contributed by atoms with E-state index in [9.17, 15) is 18.8 Å². The molecule has 1 N–H and O–H groups in total. The van der Waals surface area contributed by atoms with Crippen molar-refractivity contribution in [3.8, 4) is 0 Å². The van der Waals surface area contributed by atoms with Crippen LogP contribution in [0.3, 0.4) is 0 Å². The number of carbonyl (C=O) groups is 3. The summed E-state index contributed by atoms with van der Waals surface area (Å²) in [5.41, 5.74) is -0.0684. The number of carbonyl (C=O) groups excluding carboxylic acids is 3. The van der Waals surface area contributed by atoms with Crippen LogP contribution in [0.1, 0.15) is 12.2 Å². The lowest BCUT2D eigenvalue weighted by Crippen LogP contribution is -2.28. The molecule has 2 heterocycles. The Labute approximate surface area is 159 Å². The quantitative estimate of drug-likeness (QED) is 0.761. The van der Waals surface area contributed by atoms with E-state index in [1.54, 1.807) is 12.1 Å². The van der Waals surface area contributed by atoms with Gasteiger partial charge in [-0.3, -0.25) is 14.4 Å². The molecule has 0 unspecified atom stereocenters. The second-order valence-corrected chi connectivity index (χ2v) is 6.47. The summed E-state index contributed by atoms with van der Waals surface area (Å²) >= 11 is 5.64. The molecule has 2 aromatic rings. The molecular weight excluding hydrogens is 379 g/mol. The minimum Gasteiger partial charge on any atom is -0.467 e. The Kier molecular flexibility index (Phi) is 5.75. The fourth-order valence-corrected chi connectivity index (χ4v) is 2.86. The van der Waals surface area contributed by atoms with E-state index in [0.29, 0.717) is 5.76 Å². The predicted octanol–water partition coefficient (Wildman–Crippen LogP) is 2.60. The van der Waals surface area contributed by atoms with Gasteiger partial charge in [-0.2, -0.15) is 0 Å². The van der Waals surface area contributed by atoms with Gasteiger partial charge < -0.3 is 19.4 Å². The first kappa shape index (κ1) is 18.9. The van der Waals surface area contributed by atoms with Gasteiger partial charge in [0.1, 0.15) is 11.6 Å². The van der Waals surface area contributed by atoms with Gasteiger partial charge in [0.15, 0.2) is 6.61 Å². The molecule has 1 aliphatic heterocycles. The Bertz CT molecular complexity index is 855. The van der Waals surface area contributed by atoms with E-state index < -0.39 is 30.2 Å². The van der Waals surface area contributed by atoms with E-state index in [2.05, 4.69) is 5.32 Å². The maximum atomic E-state index is 13.6. The van der Waals surface area contributed by atoms with Crippen molar-refractivity contribution in [1.82, 2.24) is 4.90 Å². The standard InChI is InChI=1S/C18H16ClFN2O5/c19-12-3-4-15(14(20)7-12)21-16(23)10-27-18(25)11-6-17(24)22(8-11)9-13-2-1-5-26-13/h1-5,7,11H,6,8-10H2,(H,21,23)/t11-/m0/s1. The van der Waals surface area contributed by atoms with Gasteiger partial charge in [-0.05, 0) is 30.3 Å². The molecular formula is C18H16ClFN2O5. The van der Waals surface area contributed by atoms with Gasteiger partial charge in [0.2, 0.25) is 5.91 Å². The van der Waals surface area contributed by atoms with E-state index in [0.717, 1.165) is 6.07 Å².